The molecule has 1 aliphatic rings. The number of rotatable bonds is 8. The van der Waals surface area contributed by atoms with E-state index in [1.54, 1.807) is 29.2 Å². The third-order valence-electron chi connectivity index (χ3n) is 4.77. The number of sulfone groups is 1. The van der Waals surface area contributed by atoms with Crippen molar-refractivity contribution in [1.82, 2.24) is 4.90 Å². The topological polar surface area (TPSA) is 66.8 Å². The van der Waals surface area contributed by atoms with Gasteiger partial charge in [0, 0.05) is 24.7 Å². The number of hydrogen-bond donors (Lipinski definition) is 1. The average molecular weight is 411 g/mol. The van der Waals surface area contributed by atoms with Crippen molar-refractivity contribution in [3.05, 3.63) is 65.7 Å². The van der Waals surface area contributed by atoms with Gasteiger partial charge in [0.1, 0.15) is 18.5 Å². The van der Waals surface area contributed by atoms with Gasteiger partial charge in [-0.2, -0.15) is 0 Å². The molecule has 8 heteroatoms. The molecule has 5 nitrogen and oxygen atoms in total. The number of halogens is 2. The van der Waals surface area contributed by atoms with Crippen molar-refractivity contribution < 1.29 is 27.0 Å². The molecule has 1 saturated heterocycles. The van der Waals surface area contributed by atoms with Crippen LogP contribution in [0.4, 0.5) is 8.78 Å². The summed E-state index contributed by atoms with van der Waals surface area (Å²) in [7, 11) is -3.14. The number of ether oxygens (including phenoxy) is 1. The molecular weight excluding hydrogens is 388 g/mol. The molecule has 1 aliphatic heterocycles. The van der Waals surface area contributed by atoms with Crippen molar-refractivity contribution in [1.29, 1.82) is 0 Å². The summed E-state index contributed by atoms with van der Waals surface area (Å²) in [6, 6.07) is 11.8. The summed E-state index contributed by atoms with van der Waals surface area (Å²) < 4.78 is 56.8. The molecular formula is C20H23F2NO4S. The van der Waals surface area contributed by atoms with Gasteiger partial charge in [-0.15, -0.1) is 0 Å². The summed E-state index contributed by atoms with van der Waals surface area (Å²) in [4.78, 5) is 1.76. The third kappa shape index (κ3) is 5.50. The number of para-hydroxylation sites is 1. The monoisotopic (exact) mass is 411 g/mol. The summed E-state index contributed by atoms with van der Waals surface area (Å²) in [5.74, 6) is -0.828. The summed E-state index contributed by atoms with van der Waals surface area (Å²) in [6.07, 6.45) is -0.563. The van der Waals surface area contributed by atoms with Crippen LogP contribution in [0.3, 0.4) is 0 Å². The molecule has 3 rings (SSSR count). The zero-order valence-corrected chi connectivity index (χ0v) is 16.1. The molecule has 0 aromatic heterocycles. The van der Waals surface area contributed by atoms with Crippen LogP contribution in [-0.4, -0.2) is 55.2 Å². The maximum absolute atomic E-state index is 14.1. The molecule has 1 N–H and O–H groups in total. The number of aliphatic hydroxyl groups excluding tert-OH is 1. The maximum Gasteiger partial charge on any atom is 0.165 e. The first-order chi connectivity index (χ1) is 13.3. The van der Waals surface area contributed by atoms with Gasteiger partial charge >= 0.3 is 0 Å². The van der Waals surface area contributed by atoms with Crippen molar-refractivity contribution in [3.8, 4) is 5.75 Å². The predicted molar refractivity (Wildman–Crippen MR) is 102 cm³/mol. The Kier molecular flexibility index (Phi) is 6.64. The third-order valence-corrected chi connectivity index (χ3v) is 6.52. The minimum Gasteiger partial charge on any atom is -0.488 e. The minimum absolute atomic E-state index is 0.0255. The Morgan fingerprint density at radius 2 is 1.79 bits per heavy atom. The Hall–Kier alpha value is -2.03. The molecule has 2 unspecified atom stereocenters. The smallest absolute Gasteiger partial charge is 0.165 e. The fourth-order valence-corrected chi connectivity index (χ4v) is 5.08. The zero-order chi connectivity index (χ0) is 20.1. The number of hydrogen-bond acceptors (Lipinski definition) is 5. The van der Waals surface area contributed by atoms with Crippen LogP contribution < -0.4 is 4.74 Å². The largest absolute Gasteiger partial charge is 0.488 e. The highest BCUT2D eigenvalue weighted by Gasteiger charge is 2.33. The van der Waals surface area contributed by atoms with Crippen molar-refractivity contribution >= 4 is 9.84 Å². The van der Waals surface area contributed by atoms with E-state index in [1.165, 1.54) is 24.3 Å². The second kappa shape index (κ2) is 8.98. The molecule has 0 amide bonds. The van der Waals surface area contributed by atoms with Crippen LogP contribution in [0.1, 0.15) is 12.0 Å². The second-order valence-corrected chi connectivity index (χ2v) is 9.20. The lowest BCUT2D eigenvalue weighted by atomic mass is 10.1. The quantitative estimate of drug-likeness (QED) is 0.723. The van der Waals surface area contributed by atoms with E-state index in [-0.39, 0.29) is 48.8 Å². The molecule has 2 aromatic rings. The van der Waals surface area contributed by atoms with Gasteiger partial charge in [-0.25, -0.2) is 17.2 Å². The Bertz CT molecular complexity index is 907. The van der Waals surface area contributed by atoms with E-state index in [0.29, 0.717) is 12.0 Å². The van der Waals surface area contributed by atoms with Crippen molar-refractivity contribution in [2.75, 3.05) is 24.7 Å². The van der Waals surface area contributed by atoms with Gasteiger partial charge in [-0.3, -0.25) is 4.90 Å². The number of aliphatic hydroxyl groups is 1. The molecule has 0 spiro atoms. The van der Waals surface area contributed by atoms with Gasteiger partial charge in [0.2, 0.25) is 0 Å². The highest BCUT2D eigenvalue weighted by Crippen LogP contribution is 2.22. The maximum atomic E-state index is 14.1. The Morgan fingerprint density at radius 1 is 1.11 bits per heavy atom. The average Bonchev–Trinajstić information content (AvgIpc) is 3.02. The van der Waals surface area contributed by atoms with Crippen LogP contribution in [0.2, 0.25) is 0 Å². The van der Waals surface area contributed by atoms with E-state index >= 15 is 0 Å². The van der Waals surface area contributed by atoms with Crippen LogP contribution >= 0.6 is 0 Å². The first-order valence-electron chi connectivity index (χ1n) is 9.07. The van der Waals surface area contributed by atoms with Gasteiger partial charge in [-0.05, 0) is 24.6 Å². The standard InChI is InChI=1S/C20H23F2NO4S/c21-18-6-2-1-5-15(18)11-23(16-9-10-28(25,26)14-16)12-17(24)13-27-20-8-4-3-7-19(20)22/h1-8,16-17,24H,9-14H2. The summed E-state index contributed by atoms with van der Waals surface area (Å²) in [5, 5.41) is 10.4. The fourth-order valence-electron chi connectivity index (χ4n) is 3.32. The molecule has 28 heavy (non-hydrogen) atoms. The second-order valence-electron chi connectivity index (χ2n) is 6.97. The molecule has 0 radical (unpaired) electrons. The van der Waals surface area contributed by atoms with Crippen LogP contribution in [0.5, 0.6) is 5.75 Å². The molecule has 0 bridgehead atoms. The zero-order valence-electron chi connectivity index (χ0n) is 15.3. The van der Waals surface area contributed by atoms with E-state index in [2.05, 4.69) is 0 Å². The van der Waals surface area contributed by atoms with E-state index in [4.69, 9.17) is 4.74 Å². The van der Waals surface area contributed by atoms with Gasteiger partial charge in [0.25, 0.3) is 0 Å². The molecule has 1 fully saturated rings. The van der Waals surface area contributed by atoms with E-state index < -0.39 is 21.8 Å². The SMILES string of the molecule is O=S1(=O)CCC(N(Cc2ccccc2F)CC(O)COc2ccccc2F)C1. The van der Waals surface area contributed by atoms with Crippen LogP contribution in [-0.2, 0) is 16.4 Å². The summed E-state index contributed by atoms with van der Waals surface area (Å²) in [5.41, 5.74) is 0.425. The van der Waals surface area contributed by atoms with Crippen LogP contribution in [0, 0.1) is 11.6 Å². The van der Waals surface area contributed by atoms with Crippen LogP contribution in [0.15, 0.2) is 48.5 Å². The molecule has 1 heterocycles. The lowest BCUT2D eigenvalue weighted by Crippen LogP contribution is -2.42. The molecule has 0 saturated carbocycles. The summed E-state index contributed by atoms with van der Waals surface area (Å²) >= 11 is 0. The van der Waals surface area contributed by atoms with Crippen LogP contribution in [0.25, 0.3) is 0 Å². The fraction of sp³-hybridized carbons (Fsp3) is 0.400. The normalized spacial score (nSPS) is 19.6. The first kappa shape index (κ1) is 20.7. The number of benzene rings is 2. The van der Waals surface area contributed by atoms with E-state index in [9.17, 15) is 22.3 Å². The van der Waals surface area contributed by atoms with Gasteiger partial charge in [0.05, 0.1) is 11.5 Å². The first-order valence-corrected chi connectivity index (χ1v) is 10.9. The highest BCUT2D eigenvalue weighted by molar-refractivity contribution is 7.91. The lowest BCUT2D eigenvalue weighted by molar-refractivity contribution is 0.0509. The molecule has 2 atom stereocenters. The Balaban J connectivity index is 1.68. The van der Waals surface area contributed by atoms with Crippen molar-refractivity contribution in [2.45, 2.75) is 25.1 Å². The predicted octanol–water partition coefficient (Wildman–Crippen LogP) is 2.39. The van der Waals surface area contributed by atoms with Gasteiger partial charge in [0.15, 0.2) is 21.4 Å². The molecule has 0 aliphatic carbocycles. The number of nitrogens with zero attached hydrogens (tertiary/aromatic N) is 1. The van der Waals surface area contributed by atoms with Gasteiger partial charge in [-0.1, -0.05) is 30.3 Å². The highest BCUT2D eigenvalue weighted by atomic mass is 32.2. The Morgan fingerprint density at radius 3 is 2.43 bits per heavy atom. The van der Waals surface area contributed by atoms with E-state index in [0.717, 1.165) is 0 Å². The minimum atomic E-state index is -3.14. The Labute approximate surface area is 163 Å². The van der Waals surface area contributed by atoms with E-state index in [1.807, 2.05) is 0 Å². The molecule has 152 valence electrons. The van der Waals surface area contributed by atoms with Crippen molar-refractivity contribution in [2.24, 2.45) is 0 Å². The van der Waals surface area contributed by atoms with Crippen molar-refractivity contribution in [3.63, 3.8) is 0 Å². The summed E-state index contributed by atoms with van der Waals surface area (Å²) in [6.45, 7) is 0.0980. The molecule has 2 aromatic carbocycles. The lowest BCUT2D eigenvalue weighted by Gasteiger charge is -2.30. The van der Waals surface area contributed by atoms with Gasteiger partial charge < -0.3 is 9.84 Å².